The van der Waals surface area contributed by atoms with Gasteiger partial charge in [0.15, 0.2) is 5.54 Å². The van der Waals surface area contributed by atoms with Crippen LogP contribution >= 0.6 is 7.82 Å². The molecule has 32 heavy (non-hydrogen) atoms. The number of rotatable bonds is 18. The van der Waals surface area contributed by atoms with E-state index in [9.17, 15) is 9.46 Å². The summed E-state index contributed by atoms with van der Waals surface area (Å²) in [5.41, 5.74) is 0.467. The van der Waals surface area contributed by atoms with Crippen molar-refractivity contribution >= 4 is 7.82 Å². The highest BCUT2D eigenvalue weighted by atomic mass is 31.2. The number of unbranched alkanes of at least 4 members (excludes halogenated alkanes) is 13. The molecule has 1 N–H and O–H groups in total. The van der Waals surface area contributed by atoms with Gasteiger partial charge >= 0.3 is 7.82 Å². The molecule has 3 fully saturated rings. The molecule has 188 valence electrons. The summed E-state index contributed by atoms with van der Waals surface area (Å²) >= 11 is 0. The maximum absolute atomic E-state index is 12.4. The minimum absolute atomic E-state index is 0.120. The van der Waals surface area contributed by atoms with Crippen molar-refractivity contribution in [1.82, 2.24) is 0 Å². The summed E-state index contributed by atoms with van der Waals surface area (Å²) in [5.74, 6) is 0.659. The van der Waals surface area contributed by atoms with Gasteiger partial charge in [0.05, 0.1) is 26.8 Å². The van der Waals surface area contributed by atoms with Crippen molar-refractivity contribution in [1.29, 1.82) is 0 Å². The van der Waals surface area contributed by atoms with Crippen molar-refractivity contribution in [3.8, 4) is 0 Å². The van der Waals surface area contributed by atoms with E-state index in [1.165, 1.54) is 89.9 Å². The predicted octanol–water partition coefficient (Wildman–Crippen LogP) is 7.37. The van der Waals surface area contributed by atoms with Gasteiger partial charge in [0.2, 0.25) is 0 Å². The molecule has 5 atom stereocenters. The Morgan fingerprint density at radius 1 is 0.875 bits per heavy atom. The molecule has 1 aliphatic heterocycles. The number of phosphoric ester groups is 1. The molecule has 6 heteroatoms. The van der Waals surface area contributed by atoms with E-state index >= 15 is 0 Å². The van der Waals surface area contributed by atoms with Crippen molar-refractivity contribution < 1.29 is 23.0 Å². The monoisotopic (exact) mass is 472 g/mol. The predicted molar refractivity (Wildman–Crippen MR) is 132 cm³/mol. The smallest absolute Gasteiger partial charge is 0.311 e. The molecule has 5 nitrogen and oxygen atoms in total. The van der Waals surface area contributed by atoms with Crippen molar-refractivity contribution in [2.45, 2.75) is 140 Å². The third-order valence-corrected chi connectivity index (χ3v) is 10.1. The number of phosphoric acid groups is 1. The quantitative estimate of drug-likeness (QED) is 0.0979. The topological polar surface area (TPSA) is 55.8 Å². The lowest BCUT2D eigenvalue weighted by Gasteiger charge is -2.40. The molecular weight excluding hydrogens is 421 g/mol. The first kappa shape index (κ1) is 26.7. The number of nitrogens with zero attached hydrogens (tertiary/aromatic N) is 1. The Balaban J connectivity index is 1.13. The van der Waals surface area contributed by atoms with Gasteiger partial charge in [0, 0.05) is 18.8 Å². The average Bonchev–Trinajstić information content (AvgIpc) is 3.24. The molecule has 2 saturated carbocycles. The number of hydrogen-bond donors (Lipinski definition) is 1. The lowest BCUT2D eigenvalue weighted by atomic mass is 9.64. The molecule has 1 saturated heterocycles. The molecule has 0 bridgehead atoms. The first-order valence-electron chi connectivity index (χ1n) is 13.8. The van der Waals surface area contributed by atoms with Crippen LogP contribution in [0, 0.1) is 5.92 Å². The van der Waals surface area contributed by atoms with Gasteiger partial charge in [-0.1, -0.05) is 90.4 Å². The fourth-order valence-electron chi connectivity index (χ4n) is 6.96. The number of likely N-dealkylation sites (tertiary alicyclic amines) is 1. The molecule has 2 aliphatic carbocycles. The van der Waals surface area contributed by atoms with Gasteiger partial charge < -0.3 is 9.38 Å². The first-order valence-corrected chi connectivity index (χ1v) is 15.3. The molecular formula is C26H51NO4P+. The van der Waals surface area contributed by atoms with Crippen LogP contribution in [0.2, 0.25) is 0 Å². The summed E-state index contributed by atoms with van der Waals surface area (Å²) in [5, 5.41) is 0. The van der Waals surface area contributed by atoms with Crippen LogP contribution in [0.1, 0.15) is 122 Å². The second-order valence-corrected chi connectivity index (χ2v) is 12.8. The molecule has 5 unspecified atom stereocenters. The Hall–Kier alpha value is 0.0700. The lowest BCUT2D eigenvalue weighted by molar-refractivity contribution is -0.806. The van der Waals surface area contributed by atoms with E-state index in [0.717, 1.165) is 30.2 Å². The summed E-state index contributed by atoms with van der Waals surface area (Å²) in [6.07, 6.45) is 22.5. The van der Waals surface area contributed by atoms with Gasteiger partial charge in [-0.15, -0.1) is 0 Å². The molecule has 1 heterocycles. The summed E-state index contributed by atoms with van der Waals surface area (Å²) in [6.45, 7) is 2.60. The molecule has 0 aromatic heterocycles. The van der Waals surface area contributed by atoms with Gasteiger partial charge in [-0.3, -0.25) is 9.05 Å². The number of quaternary nitrogens is 1. The lowest BCUT2D eigenvalue weighted by Crippen LogP contribution is -2.47. The van der Waals surface area contributed by atoms with Crippen LogP contribution in [-0.2, 0) is 13.6 Å². The minimum Gasteiger partial charge on any atom is -0.311 e. The summed E-state index contributed by atoms with van der Waals surface area (Å²) < 4.78 is 24.4. The van der Waals surface area contributed by atoms with Gasteiger partial charge in [-0.25, -0.2) is 4.57 Å². The molecule has 0 aromatic carbocycles. The van der Waals surface area contributed by atoms with Crippen LogP contribution in [0.5, 0.6) is 0 Å². The zero-order valence-corrected chi connectivity index (χ0v) is 22.1. The van der Waals surface area contributed by atoms with Crippen molar-refractivity contribution in [3.05, 3.63) is 0 Å². The average molecular weight is 473 g/mol. The van der Waals surface area contributed by atoms with Gasteiger partial charge in [0.25, 0.3) is 0 Å². The van der Waals surface area contributed by atoms with E-state index in [2.05, 4.69) is 21.0 Å². The second-order valence-electron chi connectivity index (χ2n) is 11.4. The van der Waals surface area contributed by atoms with E-state index in [1.54, 1.807) is 0 Å². The maximum atomic E-state index is 12.4. The van der Waals surface area contributed by atoms with Gasteiger partial charge in [-0.05, 0) is 19.3 Å². The first-order chi connectivity index (χ1) is 15.3. The van der Waals surface area contributed by atoms with E-state index in [-0.39, 0.29) is 6.10 Å². The third kappa shape index (κ3) is 6.60. The second kappa shape index (κ2) is 12.2. The van der Waals surface area contributed by atoms with Crippen molar-refractivity contribution in [2.75, 3.05) is 20.7 Å². The highest BCUT2D eigenvalue weighted by Gasteiger charge is 2.83. The third-order valence-electron chi connectivity index (χ3n) is 9.03. The summed E-state index contributed by atoms with van der Waals surface area (Å²) in [6, 6.07) is 0.603. The van der Waals surface area contributed by atoms with E-state index in [1.807, 2.05) is 0 Å². The number of hydrogen-bond acceptors (Lipinski definition) is 3. The molecule has 0 aromatic rings. The van der Waals surface area contributed by atoms with Crippen LogP contribution in [-0.4, -0.2) is 47.8 Å². The maximum Gasteiger partial charge on any atom is 0.472 e. The Kier molecular flexibility index (Phi) is 10.1. The molecule has 1 spiro atoms. The van der Waals surface area contributed by atoms with Crippen molar-refractivity contribution in [3.63, 3.8) is 0 Å². The van der Waals surface area contributed by atoms with E-state index in [4.69, 9.17) is 9.05 Å². The molecule has 3 aliphatic rings. The summed E-state index contributed by atoms with van der Waals surface area (Å²) in [4.78, 5) is 10.2. The fraction of sp³-hybridized carbons (Fsp3) is 1.00. The van der Waals surface area contributed by atoms with Crippen LogP contribution in [0.25, 0.3) is 0 Å². The van der Waals surface area contributed by atoms with E-state index in [0.29, 0.717) is 24.1 Å². The number of likely N-dealkylation sites (N-methyl/N-ethyl adjacent to an activating group) is 1. The summed E-state index contributed by atoms with van der Waals surface area (Å²) in [7, 11) is 0.690. The normalized spacial score (nSPS) is 31.9. The Morgan fingerprint density at radius 2 is 1.41 bits per heavy atom. The van der Waals surface area contributed by atoms with E-state index < -0.39 is 7.82 Å². The highest BCUT2D eigenvalue weighted by molar-refractivity contribution is 7.47. The Bertz CT molecular complexity index is 613. The van der Waals surface area contributed by atoms with Crippen LogP contribution < -0.4 is 0 Å². The Morgan fingerprint density at radius 3 is 1.88 bits per heavy atom. The zero-order valence-electron chi connectivity index (χ0n) is 21.2. The van der Waals surface area contributed by atoms with Gasteiger partial charge in [0.1, 0.15) is 6.04 Å². The zero-order chi connectivity index (χ0) is 23.1. The van der Waals surface area contributed by atoms with Crippen LogP contribution in [0.4, 0.5) is 0 Å². The van der Waals surface area contributed by atoms with Crippen LogP contribution in [0.15, 0.2) is 0 Å². The largest absolute Gasteiger partial charge is 0.472 e. The molecule has 0 amide bonds. The SMILES string of the molecule is CCCCCCCCCCCCCCCCOP(=O)(O)OC1CC2CCC23C(C1)[N+]3(C)C. The van der Waals surface area contributed by atoms with Crippen molar-refractivity contribution in [2.24, 2.45) is 5.92 Å². The highest BCUT2D eigenvalue weighted by Crippen LogP contribution is 2.69. The molecule has 3 rings (SSSR count). The minimum atomic E-state index is -3.93. The molecule has 0 radical (unpaired) electrons. The Labute approximate surface area is 197 Å². The standard InChI is InChI=1S/C26H50NO4P/c1-4-5-6-7-8-9-10-11-12-13-14-15-16-17-20-30-32(28,29)31-24-21-23-18-19-26(23)25(22-24)27(26,2)3/h23-25H,4-22H2,1-3H3/p+1. The van der Waals surface area contributed by atoms with Crippen LogP contribution in [0.3, 0.4) is 0 Å². The fourth-order valence-corrected chi connectivity index (χ4v) is 7.93. The van der Waals surface area contributed by atoms with Gasteiger partial charge in [-0.2, -0.15) is 0 Å².